The van der Waals surface area contributed by atoms with Gasteiger partial charge in [0.15, 0.2) is 0 Å². The number of hydrogen-bond acceptors (Lipinski definition) is 7. The highest BCUT2D eigenvalue weighted by atomic mass is 32.1. The first-order valence-corrected chi connectivity index (χ1v) is 13.4. The molecule has 1 amide bonds. The van der Waals surface area contributed by atoms with Crippen LogP contribution in [-0.4, -0.2) is 70.1 Å². The molecule has 1 saturated heterocycles. The molecule has 37 heavy (non-hydrogen) atoms. The summed E-state index contributed by atoms with van der Waals surface area (Å²) >= 11 is 1.68. The van der Waals surface area contributed by atoms with Crippen LogP contribution in [0.4, 0.5) is 5.82 Å². The normalized spacial score (nSPS) is 16.3. The molecule has 2 N–H and O–H groups in total. The Morgan fingerprint density at radius 3 is 2.89 bits per heavy atom. The number of likely N-dealkylation sites (N-methyl/N-ethyl adjacent to an activating group) is 1. The average molecular weight is 519 g/mol. The Bertz CT molecular complexity index is 1490. The number of nitrogen functional groups attached to an aromatic ring is 1. The van der Waals surface area contributed by atoms with Crippen molar-refractivity contribution in [2.24, 2.45) is 0 Å². The summed E-state index contributed by atoms with van der Waals surface area (Å²) in [6.07, 6.45) is 8.16. The van der Waals surface area contributed by atoms with E-state index in [1.54, 1.807) is 24.5 Å². The molecule has 8 nitrogen and oxygen atoms in total. The van der Waals surface area contributed by atoms with Crippen LogP contribution in [0, 0.1) is 6.92 Å². The zero-order valence-electron chi connectivity index (χ0n) is 22.1. The molecule has 3 aromatic heterocycles. The number of fused-ring (bicyclic) bond motifs is 2. The number of rotatable bonds is 7. The number of benzene rings is 1. The van der Waals surface area contributed by atoms with Crippen LogP contribution in [0.5, 0.6) is 5.75 Å². The van der Waals surface area contributed by atoms with Gasteiger partial charge in [0, 0.05) is 48.4 Å². The molecule has 9 heteroatoms. The predicted molar refractivity (Wildman–Crippen MR) is 151 cm³/mol. The average Bonchev–Trinajstić information content (AvgIpc) is 3.60. The van der Waals surface area contributed by atoms with Crippen molar-refractivity contribution in [2.45, 2.75) is 39.3 Å². The smallest absolute Gasteiger partial charge is 0.246 e. The van der Waals surface area contributed by atoms with Crippen LogP contribution in [0.25, 0.3) is 31.6 Å². The minimum absolute atomic E-state index is 0.0532. The number of carbonyl (C=O) groups is 1. The molecule has 1 aliphatic heterocycles. The van der Waals surface area contributed by atoms with E-state index in [1.165, 1.54) is 6.33 Å². The van der Waals surface area contributed by atoms with Gasteiger partial charge in [0.25, 0.3) is 0 Å². The highest BCUT2D eigenvalue weighted by Gasteiger charge is 2.29. The van der Waals surface area contributed by atoms with Crippen LogP contribution < -0.4 is 10.5 Å². The third-order valence-corrected chi connectivity index (χ3v) is 8.45. The van der Waals surface area contributed by atoms with Crippen molar-refractivity contribution in [1.82, 2.24) is 24.3 Å². The van der Waals surface area contributed by atoms with Gasteiger partial charge in [-0.1, -0.05) is 12.1 Å². The first-order valence-electron chi connectivity index (χ1n) is 12.6. The van der Waals surface area contributed by atoms with E-state index in [4.69, 9.17) is 10.5 Å². The Hall–Kier alpha value is -3.43. The number of nitrogens with zero attached hydrogens (tertiary/aromatic N) is 5. The lowest BCUT2D eigenvalue weighted by atomic mass is 10.1. The van der Waals surface area contributed by atoms with Gasteiger partial charge in [-0.3, -0.25) is 4.79 Å². The van der Waals surface area contributed by atoms with Crippen molar-refractivity contribution in [3.05, 3.63) is 48.4 Å². The van der Waals surface area contributed by atoms with Crippen LogP contribution in [0.3, 0.4) is 0 Å². The van der Waals surface area contributed by atoms with Crippen molar-refractivity contribution >= 4 is 44.2 Å². The summed E-state index contributed by atoms with van der Waals surface area (Å²) in [4.78, 5) is 27.0. The molecule has 1 aromatic carbocycles. The fraction of sp³-hybridized carbons (Fsp3) is 0.393. The molecule has 0 radical (unpaired) electrons. The monoisotopic (exact) mass is 518 g/mol. The first-order chi connectivity index (χ1) is 17.8. The van der Waals surface area contributed by atoms with Crippen molar-refractivity contribution < 1.29 is 9.53 Å². The van der Waals surface area contributed by atoms with Crippen LogP contribution >= 0.6 is 11.3 Å². The molecule has 1 aliphatic rings. The second-order valence-electron chi connectivity index (χ2n) is 10.1. The Kier molecular flexibility index (Phi) is 6.92. The fourth-order valence-electron chi connectivity index (χ4n) is 4.93. The zero-order valence-corrected chi connectivity index (χ0v) is 22.9. The Balaban J connectivity index is 1.46. The Morgan fingerprint density at radius 2 is 2.14 bits per heavy atom. The number of aryl methyl sites for hydroxylation is 1. The third-order valence-electron chi connectivity index (χ3n) is 7.25. The molecule has 5 rings (SSSR count). The van der Waals surface area contributed by atoms with Gasteiger partial charge in [-0.15, -0.1) is 11.3 Å². The Morgan fingerprint density at radius 1 is 1.32 bits per heavy atom. The van der Waals surface area contributed by atoms with Gasteiger partial charge in [0.2, 0.25) is 5.91 Å². The molecule has 0 spiro atoms. The number of nitrogens with two attached hydrogens (primary N) is 1. The number of amides is 1. The largest absolute Gasteiger partial charge is 0.495 e. The van der Waals surface area contributed by atoms with Gasteiger partial charge >= 0.3 is 0 Å². The molecule has 1 fully saturated rings. The standard InChI is InChI=1S/C28H34N6O2S/c1-17(2)32(4)9-6-7-24(35)33-10-8-20(14-33)34-15-21(25-27(29)30-16-31-28(25)34)23-13-19-11-18(3)12-22(36-5)26(19)37-23/h6-7,11-13,15-17,20H,8-10,14H2,1-5H3,(H2,29,30,31)/b7-6+. The van der Waals surface area contributed by atoms with Gasteiger partial charge in [-0.2, -0.15) is 0 Å². The Labute approximate surface area is 221 Å². The highest BCUT2D eigenvalue weighted by Crippen LogP contribution is 2.43. The lowest BCUT2D eigenvalue weighted by Gasteiger charge is -2.19. The minimum Gasteiger partial charge on any atom is -0.495 e. The summed E-state index contributed by atoms with van der Waals surface area (Å²) in [5, 5.41) is 1.99. The summed E-state index contributed by atoms with van der Waals surface area (Å²) in [7, 11) is 3.76. The number of aromatic nitrogens is 3. The second kappa shape index (κ2) is 10.1. The zero-order chi connectivity index (χ0) is 26.3. The lowest BCUT2D eigenvalue weighted by Crippen LogP contribution is -2.29. The van der Waals surface area contributed by atoms with E-state index in [-0.39, 0.29) is 11.9 Å². The van der Waals surface area contributed by atoms with E-state index in [1.807, 2.05) is 11.0 Å². The summed E-state index contributed by atoms with van der Waals surface area (Å²) in [6.45, 7) is 8.45. The fourth-order valence-corrected chi connectivity index (χ4v) is 6.08. The van der Waals surface area contributed by atoms with Crippen molar-refractivity contribution in [3.8, 4) is 16.2 Å². The van der Waals surface area contributed by atoms with Gasteiger partial charge in [0.05, 0.1) is 23.2 Å². The molecular formula is C28H34N6O2S. The first kappa shape index (κ1) is 25.2. The van der Waals surface area contributed by atoms with E-state index in [0.717, 1.165) is 55.8 Å². The van der Waals surface area contributed by atoms with Gasteiger partial charge in [0.1, 0.15) is 23.5 Å². The van der Waals surface area contributed by atoms with Crippen LogP contribution in [0.2, 0.25) is 0 Å². The number of anilines is 1. The van der Waals surface area contributed by atoms with Gasteiger partial charge in [-0.25, -0.2) is 9.97 Å². The molecular weight excluding hydrogens is 484 g/mol. The maximum Gasteiger partial charge on any atom is 0.246 e. The second-order valence-corrected chi connectivity index (χ2v) is 11.1. The summed E-state index contributed by atoms with van der Waals surface area (Å²) < 4.78 is 8.94. The lowest BCUT2D eigenvalue weighted by molar-refractivity contribution is -0.125. The van der Waals surface area contributed by atoms with Crippen LogP contribution in [-0.2, 0) is 4.79 Å². The van der Waals surface area contributed by atoms with E-state index in [2.05, 4.69) is 71.6 Å². The molecule has 0 aliphatic carbocycles. The van der Waals surface area contributed by atoms with E-state index >= 15 is 0 Å². The maximum absolute atomic E-state index is 12.9. The SMILES string of the molecule is COc1cc(C)cc2cc(-c3cn(C4CCN(C(=O)/C=C/CN(C)C(C)C)C4)c4ncnc(N)c34)sc12. The molecule has 1 atom stereocenters. The van der Waals surface area contributed by atoms with Crippen molar-refractivity contribution in [3.63, 3.8) is 0 Å². The maximum atomic E-state index is 12.9. The van der Waals surface area contributed by atoms with Gasteiger partial charge in [-0.05, 0) is 57.3 Å². The molecule has 4 aromatic rings. The number of ether oxygens (including phenoxy) is 1. The topological polar surface area (TPSA) is 89.5 Å². The molecule has 4 heterocycles. The van der Waals surface area contributed by atoms with Gasteiger partial charge < -0.3 is 24.8 Å². The van der Waals surface area contributed by atoms with Crippen molar-refractivity contribution in [1.29, 1.82) is 0 Å². The summed E-state index contributed by atoms with van der Waals surface area (Å²) in [6, 6.07) is 6.97. The number of carbonyl (C=O) groups excluding carboxylic acids is 1. The van der Waals surface area contributed by atoms with Crippen molar-refractivity contribution in [2.75, 3.05) is 39.5 Å². The van der Waals surface area contributed by atoms with E-state index < -0.39 is 0 Å². The molecule has 0 bridgehead atoms. The number of likely N-dealkylation sites (tertiary alicyclic amines) is 1. The number of methoxy groups -OCH3 is 1. The van der Waals surface area contributed by atoms with Crippen LogP contribution in [0.1, 0.15) is 31.9 Å². The molecule has 0 saturated carbocycles. The molecule has 1 unspecified atom stereocenters. The predicted octanol–water partition coefficient (Wildman–Crippen LogP) is 4.88. The minimum atomic E-state index is 0.0532. The molecule has 194 valence electrons. The summed E-state index contributed by atoms with van der Waals surface area (Å²) in [5.41, 5.74) is 9.36. The number of hydrogen-bond donors (Lipinski definition) is 1. The van der Waals surface area contributed by atoms with E-state index in [0.29, 0.717) is 24.9 Å². The number of thiophene rings is 1. The quantitative estimate of drug-likeness (QED) is 0.351. The third kappa shape index (κ3) is 4.81. The highest BCUT2D eigenvalue weighted by molar-refractivity contribution is 7.22. The van der Waals surface area contributed by atoms with E-state index in [9.17, 15) is 4.79 Å². The summed E-state index contributed by atoms with van der Waals surface area (Å²) in [5.74, 6) is 1.39. The van der Waals surface area contributed by atoms with Crippen LogP contribution in [0.15, 0.2) is 42.9 Å².